The highest BCUT2D eigenvalue weighted by molar-refractivity contribution is 7.18. The van der Waals surface area contributed by atoms with Crippen molar-refractivity contribution in [3.63, 3.8) is 0 Å². The molecule has 2 aliphatic carbocycles. The lowest BCUT2D eigenvalue weighted by atomic mass is 9.97. The van der Waals surface area contributed by atoms with Gasteiger partial charge in [0, 0.05) is 11.1 Å². The summed E-state index contributed by atoms with van der Waals surface area (Å²) >= 11 is 1.87. The van der Waals surface area contributed by atoms with Gasteiger partial charge >= 0.3 is 0 Å². The summed E-state index contributed by atoms with van der Waals surface area (Å²) in [4.78, 5) is 25.2. The minimum absolute atomic E-state index is 0.179. The summed E-state index contributed by atoms with van der Waals surface area (Å²) in [6.07, 6.45) is 4.85. The van der Waals surface area contributed by atoms with Crippen LogP contribution in [0.5, 0.6) is 0 Å². The Morgan fingerprint density at radius 3 is 2.20 bits per heavy atom. The Morgan fingerprint density at radius 2 is 1.60 bits per heavy atom. The normalized spacial score (nSPS) is 12.7. The first-order chi connectivity index (χ1) is 9.67. The lowest BCUT2D eigenvalue weighted by molar-refractivity contribution is 0.967. The van der Waals surface area contributed by atoms with Gasteiger partial charge in [0.05, 0.1) is 9.06 Å². The Hall–Kier alpha value is -2.28. The van der Waals surface area contributed by atoms with Crippen LogP contribution in [0.3, 0.4) is 0 Å². The smallest absolute Gasteiger partial charge is 0.204 e. The van der Waals surface area contributed by atoms with E-state index in [1.54, 1.807) is 6.08 Å². The Balaban J connectivity index is 2.63. The Bertz CT molecular complexity index is 1020. The van der Waals surface area contributed by atoms with Crippen molar-refractivity contribution < 1.29 is 0 Å². The highest BCUT2D eigenvalue weighted by atomic mass is 32.1. The van der Waals surface area contributed by atoms with Crippen LogP contribution in [0.25, 0.3) is 6.08 Å². The quantitative estimate of drug-likeness (QED) is 0.744. The average molecular weight is 298 g/mol. The molecule has 0 aromatic heterocycles. The van der Waals surface area contributed by atoms with Crippen LogP contribution < -0.4 is 10.9 Å². The summed E-state index contributed by atoms with van der Waals surface area (Å²) in [5.41, 5.74) is 0.571. The van der Waals surface area contributed by atoms with Crippen LogP contribution in [0.1, 0.15) is 27.3 Å². The molecule has 0 amide bonds. The van der Waals surface area contributed by atoms with Gasteiger partial charge in [-0.05, 0) is 12.8 Å². The molecule has 0 radical (unpaired) electrons. The molecule has 1 heterocycles. The summed E-state index contributed by atoms with van der Waals surface area (Å²) < 4.78 is 0.574. The predicted molar refractivity (Wildman–Crippen MR) is 76.8 cm³/mol. The molecule has 3 rings (SSSR count). The monoisotopic (exact) mass is 298 g/mol. The fourth-order valence-electron chi connectivity index (χ4n) is 2.21. The molecule has 0 aromatic carbocycles. The zero-order valence-electron chi connectivity index (χ0n) is 10.1. The highest BCUT2D eigenvalue weighted by Crippen LogP contribution is 2.21. The number of rotatable bonds is 0. The number of nitrogens with zero attached hydrogens (tertiary/aromatic N) is 2. The minimum atomic E-state index is -0.215. The van der Waals surface area contributed by atoms with Crippen molar-refractivity contribution in [1.82, 2.24) is 0 Å². The molecule has 0 saturated heterocycles. The maximum atomic E-state index is 12.4. The number of hydrogen-bond acceptors (Lipinski definition) is 6. The molecule has 0 unspecified atom stereocenters. The van der Waals surface area contributed by atoms with E-state index in [2.05, 4.69) is 0 Å². The lowest BCUT2D eigenvalue weighted by Crippen LogP contribution is -2.22. The van der Waals surface area contributed by atoms with Gasteiger partial charge in [0.25, 0.3) is 0 Å². The van der Waals surface area contributed by atoms with E-state index in [0.717, 1.165) is 29.1 Å². The molecule has 0 bridgehead atoms. The molecule has 0 fully saturated rings. The summed E-state index contributed by atoms with van der Waals surface area (Å²) in [5.74, 6) is 0. The van der Waals surface area contributed by atoms with Gasteiger partial charge in [0.2, 0.25) is 10.9 Å². The van der Waals surface area contributed by atoms with Gasteiger partial charge in [0.15, 0.2) is 0 Å². The number of fused-ring (bicyclic) bond motifs is 1. The van der Waals surface area contributed by atoms with Crippen molar-refractivity contribution in [3.8, 4) is 12.1 Å². The van der Waals surface area contributed by atoms with E-state index in [0.29, 0.717) is 22.1 Å². The fraction of sp³-hybridized carbons (Fsp3) is 0.143. The third-order valence-corrected chi connectivity index (χ3v) is 5.57. The first kappa shape index (κ1) is 12.7. The van der Waals surface area contributed by atoms with Gasteiger partial charge in [-0.2, -0.15) is 10.5 Å². The summed E-state index contributed by atoms with van der Waals surface area (Å²) in [6.45, 7) is 0. The van der Waals surface area contributed by atoms with Gasteiger partial charge in [0.1, 0.15) is 21.9 Å². The molecule has 0 N–H and O–H groups in total. The third kappa shape index (κ3) is 1.70. The zero-order valence-corrected chi connectivity index (χ0v) is 11.7. The fourth-order valence-corrected chi connectivity index (χ4v) is 4.27. The summed E-state index contributed by atoms with van der Waals surface area (Å²) in [6, 6.07) is 3.83. The van der Waals surface area contributed by atoms with E-state index >= 15 is 0 Å². The zero-order chi connectivity index (χ0) is 14.3. The van der Waals surface area contributed by atoms with E-state index in [4.69, 9.17) is 10.5 Å². The van der Waals surface area contributed by atoms with Crippen molar-refractivity contribution in [2.24, 2.45) is 0 Å². The molecule has 1 aliphatic heterocycles. The van der Waals surface area contributed by atoms with Crippen molar-refractivity contribution in [1.29, 1.82) is 10.5 Å². The van der Waals surface area contributed by atoms with Crippen LogP contribution in [0.2, 0.25) is 0 Å². The van der Waals surface area contributed by atoms with Gasteiger partial charge in [-0.25, -0.2) is 0 Å². The Morgan fingerprint density at radius 1 is 1.00 bits per heavy atom. The van der Waals surface area contributed by atoms with Crippen molar-refractivity contribution in [2.75, 3.05) is 0 Å². The van der Waals surface area contributed by atoms with Crippen LogP contribution in [-0.2, 0) is 6.42 Å². The second-order valence-electron chi connectivity index (χ2n) is 4.24. The van der Waals surface area contributed by atoms with Crippen LogP contribution >= 0.6 is 22.7 Å². The molecule has 0 saturated carbocycles. The first-order valence-corrected chi connectivity index (χ1v) is 7.44. The van der Waals surface area contributed by atoms with Crippen molar-refractivity contribution in [3.05, 3.63) is 56.5 Å². The van der Waals surface area contributed by atoms with Crippen LogP contribution in [0.15, 0.2) is 15.7 Å². The third-order valence-electron chi connectivity index (χ3n) is 3.13. The second-order valence-corrected chi connectivity index (χ2v) is 6.28. The molecular weight excluding hydrogens is 292 g/mol. The Kier molecular flexibility index (Phi) is 2.98. The molecule has 96 valence electrons. The minimum Gasteiger partial charge on any atom is -0.288 e. The summed E-state index contributed by atoms with van der Waals surface area (Å²) in [5, 5.41) is 18.1. The standard InChI is InChI=1S/C14H6N2O2S2/c15-5-9-10(6-16)20-14-12(18)8-4-2-1-3-7(8)11(17)13(14)19-9/h1,3H,2,4H2. The van der Waals surface area contributed by atoms with Gasteiger partial charge in [-0.3, -0.25) is 9.59 Å². The topological polar surface area (TPSA) is 81.7 Å². The van der Waals surface area contributed by atoms with E-state index in [9.17, 15) is 9.59 Å². The molecule has 0 aromatic rings. The number of nitriles is 2. The number of allylic oxidation sites excluding steroid dienone is 1. The average Bonchev–Trinajstić information content (AvgIpc) is 2.51. The Labute approximate surface area is 121 Å². The molecular formula is C14H6N2O2S2. The first-order valence-electron chi connectivity index (χ1n) is 5.81. The van der Waals surface area contributed by atoms with Crippen LogP contribution in [0, 0.1) is 31.7 Å². The molecule has 6 heteroatoms. The van der Waals surface area contributed by atoms with E-state index in [1.807, 2.05) is 18.2 Å². The van der Waals surface area contributed by atoms with E-state index in [-0.39, 0.29) is 25.1 Å². The maximum Gasteiger partial charge on any atom is 0.204 e. The number of hydrogen-bond donors (Lipinski definition) is 0. The van der Waals surface area contributed by atoms with Crippen molar-refractivity contribution in [2.45, 2.75) is 12.8 Å². The highest BCUT2D eigenvalue weighted by Gasteiger charge is 2.17. The van der Waals surface area contributed by atoms with Crippen LogP contribution in [0.4, 0.5) is 0 Å². The molecule has 3 aliphatic rings. The SMILES string of the molecule is N#Cc1sc2c(=O)c3c(c(=O)c=2sc1C#N)CCC=C3. The molecule has 0 spiro atoms. The van der Waals surface area contributed by atoms with Gasteiger partial charge in [-0.1, -0.05) is 12.2 Å². The maximum absolute atomic E-state index is 12.4. The van der Waals surface area contributed by atoms with Gasteiger partial charge in [-0.15, -0.1) is 22.7 Å². The predicted octanol–water partition coefficient (Wildman–Crippen LogP) is 1.96. The van der Waals surface area contributed by atoms with E-state index < -0.39 is 0 Å². The largest absolute Gasteiger partial charge is 0.288 e. The van der Waals surface area contributed by atoms with E-state index in [1.165, 1.54) is 0 Å². The lowest BCUT2D eigenvalue weighted by Gasteiger charge is -2.08. The second kappa shape index (κ2) is 4.68. The van der Waals surface area contributed by atoms with Crippen molar-refractivity contribution >= 4 is 28.7 Å². The molecule has 4 nitrogen and oxygen atoms in total. The molecule has 0 atom stereocenters. The van der Waals surface area contributed by atoms with Gasteiger partial charge < -0.3 is 0 Å². The van der Waals surface area contributed by atoms with Crippen LogP contribution in [-0.4, -0.2) is 0 Å². The molecule has 20 heavy (non-hydrogen) atoms. The summed E-state index contributed by atoms with van der Waals surface area (Å²) in [7, 11) is 0.